The van der Waals surface area contributed by atoms with Crippen LogP contribution in [0, 0.1) is 0 Å². The first-order valence-electron chi connectivity index (χ1n) is 5.96. The molecule has 11 heteroatoms. The first kappa shape index (κ1) is 23.4. The standard InChI is InChI=1S/C12H13N3O2.Mo.2H2O2.O/c1-2-17-12(16)9-15-8-6-11(14-15)10-5-3-4-7-13-10;;2*1-2;/h3-8H,2,9H2,1H3;;2*1-2H;. The van der Waals surface area contributed by atoms with E-state index in [0.29, 0.717) is 26.4 Å². The van der Waals surface area contributed by atoms with Gasteiger partial charge in [-0.15, -0.1) is 0 Å². The molecule has 0 atom stereocenters. The summed E-state index contributed by atoms with van der Waals surface area (Å²) in [6, 6.07) is 7.43. The van der Waals surface area contributed by atoms with Crippen molar-refractivity contribution in [2.24, 2.45) is 0 Å². The Labute approximate surface area is 143 Å². The third-order valence-corrected chi connectivity index (χ3v) is 2.16. The first-order chi connectivity index (χ1) is 11.3. The number of esters is 1. The zero-order valence-electron chi connectivity index (χ0n) is 12.1. The minimum absolute atomic E-state index is 0.126. The number of pyridine rings is 1. The molecule has 128 valence electrons. The summed E-state index contributed by atoms with van der Waals surface area (Å²) in [5.74, 6) is -0.289. The summed E-state index contributed by atoms with van der Waals surface area (Å²) in [5, 5.41) is 28.3. The maximum atomic E-state index is 11.3. The van der Waals surface area contributed by atoms with Crippen molar-refractivity contribution in [1.29, 1.82) is 0 Å². The molecule has 0 fully saturated rings. The number of carbonyl (C=O) groups excluding carboxylic acids is 1. The third kappa shape index (κ3) is 9.71. The number of hydrogen-bond donors (Lipinski definition) is 4. The fraction of sp³-hybridized carbons (Fsp3) is 0.250. The molecule has 2 aromatic rings. The molecule has 0 unspecified atom stereocenters. The number of carbonyl (C=O) groups is 1. The van der Waals surface area contributed by atoms with Gasteiger partial charge in [0, 0.05) is 12.4 Å². The van der Waals surface area contributed by atoms with Crippen molar-refractivity contribution in [2.75, 3.05) is 6.61 Å². The molecule has 0 spiro atoms. The molecule has 0 amide bonds. The van der Waals surface area contributed by atoms with Crippen molar-refractivity contribution in [3.05, 3.63) is 36.7 Å². The number of nitrogens with zero attached hydrogens (tertiary/aromatic N) is 3. The van der Waals surface area contributed by atoms with Gasteiger partial charge in [-0.3, -0.25) is 35.5 Å². The predicted molar refractivity (Wildman–Crippen MR) is 73.3 cm³/mol. The summed E-state index contributed by atoms with van der Waals surface area (Å²) in [5.41, 5.74) is 1.53. The summed E-state index contributed by atoms with van der Waals surface area (Å²) in [6.45, 7) is 2.29. The molecule has 0 saturated heterocycles. The number of aromatic nitrogens is 3. The molecule has 0 bridgehead atoms. The van der Waals surface area contributed by atoms with Gasteiger partial charge in [-0.05, 0) is 25.1 Å². The summed E-state index contributed by atoms with van der Waals surface area (Å²) in [6.07, 6.45) is 3.45. The Morgan fingerprint density at radius 3 is 2.35 bits per heavy atom. The molecule has 0 saturated carbocycles. The number of hydrogen-bond acceptors (Lipinski definition) is 9. The van der Waals surface area contributed by atoms with Crippen molar-refractivity contribution in [3.8, 4) is 11.4 Å². The van der Waals surface area contributed by atoms with Crippen LogP contribution in [0.25, 0.3) is 11.4 Å². The number of rotatable bonds is 4. The Morgan fingerprint density at radius 1 is 1.17 bits per heavy atom. The van der Waals surface area contributed by atoms with E-state index in [1.54, 1.807) is 24.0 Å². The van der Waals surface area contributed by atoms with Crippen LogP contribution in [0.5, 0.6) is 0 Å². The van der Waals surface area contributed by atoms with Crippen LogP contribution in [-0.2, 0) is 39.3 Å². The van der Waals surface area contributed by atoms with E-state index in [9.17, 15) is 4.79 Å². The van der Waals surface area contributed by atoms with Crippen LogP contribution in [0.1, 0.15) is 6.92 Å². The zero-order valence-corrected chi connectivity index (χ0v) is 14.1. The fourth-order valence-corrected chi connectivity index (χ4v) is 1.44. The van der Waals surface area contributed by atoms with E-state index < -0.39 is 0 Å². The molecule has 2 heterocycles. The van der Waals surface area contributed by atoms with E-state index in [-0.39, 0.29) is 12.5 Å². The van der Waals surface area contributed by atoms with E-state index >= 15 is 0 Å². The summed E-state index contributed by atoms with van der Waals surface area (Å²) < 4.78 is 14.6. The Balaban J connectivity index is 0. The van der Waals surface area contributed by atoms with E-state index in [4.69, 9.17) is 29.2 Å². The molecule has 23 heavy (non-hydrogen) atoms. The Morgan fingerprint density at radius 2 is 1.83 bits per heavy atom. The van der Waals surface area contributed by atoms with Crippen molar-refractivity contribution in [2.45, 2.75) is 13.5 Å². The summed E-state index contributed by atoms with van der Waals surface area (Å²) in [7, 11) is 0. The van der Waals surface area contributed by atoms with Gasteiger partial charge in [0.2, 0.25) is 0 Å². The molecule has 0 aliphatic heterocycles. The molecular formula is C12H17MoN3O7. The molecule has 0 aliphatic rings. The molecule has 2 rings (SSSR count). The quantitative estimate of drug-likeness (QED) is 0.253. The predicted octanol–water partition coefficient (Wildman–Crippen LogP) is 1.42. The van der Waals surface area contributed by atoms with E-state index in [0.717, 1.165) is 11.4 Å². The molecule has 10 nitrogen and oxygen atoms in total. The van der Waals surface area contributed by atoms with Gasteiger partial charge in [-0.25, -0.2) is 0 Å². The minimum atomic E-state index is -0.289. The van der Waals surface area contributed by atoms with Crippen LogP contribution in [0.15, 0.2) is 36.7 Å². The molecule has 0 radical (unpaired) electrons. The van der Waals surface area contributed by atoms with Crippen LogP contribution < -0.4 is 0 Å². The van der Waals surface area contributed by atoms with Crippen molar-refractivity contribution in [1.82, 2.24) is 14.8 Å². The zero-order chi connectivity index (χ0) is 18.1. The normalized spacial score (nSPS) is 8.22. The van der Waals surface area contributed by atoms with Gasteiger partial charge in [0.05, 0.1) is 12.3 Å². The van der Waals surface area contributed by atoms with Gasteiger partial charge in [0.25, 0.3) is 0 Å². The van der Waals surface area contributed by atoms with Crippen LogP contribution in [0.4, 0.5) is 0 Å². The molecular weight excluding hydrogens is 394 g/mol. The molecule has 0 aromatic carbocycles. The third-order valence-electron chi connectivity index (χ3n) is 2.16. The van der Waals surface area contributed by atoms with Crippen molar-refractivity contribution >= 4 is 5.97 Å². The Kier molecular flexibility index (Phi) is 16.8. The van der Waals surface area contributed by atoms with E-state index in [1.165, 1.54) is 0 Å². The molecule has 4 N–H and O–H groups in total. The maximum absolute atomic E-state index is 11.3. The number of ether oxygens (including phenoxy) is 1. The second kappa shape index (κ2) is 16.5. The van der Waals surface area contributed by atoms with E-state index in [1.807, 2.05) is 24.3 Å². The SMILES string of the molecule is CCOC(=O)Cn1ccc(-c2ccccn2)n1.OO.OO.[O]=[Mo]. The summed E-state index contributed by atoms with van der Waals surface area (Å²) in [4.78, 5) is 15.4. The van der Waals surface area contributed by atoms with Crippen molar-refractivity contribution < 1.29 is 53.7 Å². The topological polar surface area (TPSA) is 155 Å². The van der Waals surface area contributed by atoms with Gasteiger partial charge in [-0.1, -0.05) is 6.07 Å². The molecule has 0 aliphatic carbocycles. The second-order valence-corrected chi connectivity index (χ2v) is 3.42. The first-order valence-corrected chi connectivity index (χ1v) is 6.78. The Bertz CT molecular complexity index is 524. The van der Waals surface area contributed by atoms with Gasteiger partial charge >= 0.3 is 29.1 Å². The van der Waals surface area contributed by atoms with Gasteiger partial charge in [0.1, 0.15) is 12.2 Å². The second-order valence-electron chi connectivity index (χ2n) is 3.42. The van der Waals surface area contributed by atoms with Crippen LogP contribution >= 0.6 is 0 Å². The van der Waals surface area contributed by atoms with Crippen LogP contribution in [0.3, 0.4) is 0 Å². The van der Waals surface area contributed by atoms with Gasteiger partial charge < -0.3 is 4.74 Å². The van der Waals surface area contributed by atoms with Crippen LogP contribution in [-0.4, -0.2) is 48.4 Å². The average Bonchev–Trinajstić information content (AvgIpc) is 3.09. The van der Waals surface area contributed by atoms with Crippen molar-refractivity contribution in [3.63, 3.8) is 0 Å². The monoisotopic (exact) mass is 413 g/mol. The average molecular weight is 411 g/mol. The van der Waals surface area contributed by atoms with Gasteiger partial charge in [0.15, 0.2) is 0 Å². The Hall–Kier alpha value is -1.84. The fourth-order valence-electron chi connectivity index (χ4n) is 1.44. The molecule has 2 aromatic heterocycles. The van der Waals surface area contributed by atoms with Gasteiger partial charge in [-0.2, -0.15) is 5.10 Å². The summed E-state index contributed by atoms with van der Waals surface area (Å²) >= 11 is 0.700. The van der Waals surface area contributed by atoms with E-state index in [2.05, 4.69) is 10.1 Å². The van der Waals surface area contributed by atoms with Crippen LogP contribution in [0.2, 0.25) is 0 Å².